The first kappa shape index (κ1) is 27.6. The normalized spacial score (nSPS) is 24.2. The summed E-state index contributed by atoms with van der Waals surface area (Å²) in [6.07, 6.45) is 7.24. The van der Waals surface area contributed by atoms with Gasteiger partial charge in [0.2, 0.25) is 5.95 Å². The maximum Gasteiger partial charge on any atom is 0.229 e. The number of benzene rings is 1. The largest absolute Gasteiger partial charge is 0.380 e. The maximum atomic E-state index is 15.2. The van der Waals surface area contributed by atoms with E-state index in [1.165, 1.54) is 16.8 Å². The van der Waals surface area contributed by atoms with E-state index in [0.717, 1.165) is 17.7 Å². The summed E-state index contributed by atoms with van der Waals surface area (Å²) >= 11 is 0. The predicted molar refractivity (Wildman–Crippen MR) is 148 cm³/mol. The first-order chi connectivity index (χ1) is 19.4. The van der Waals surface area contributed by atoms with Crippen molar-refractivity contribution in [3.63, 3.8) is 0 Å². The number of nitrogens with one attached hydrogen (secondary N) is 1. The Morgan fingerprint density at radius 2 is 1.88 bits per heavy atom. The first-order valence-electron chi connectivity index (χ1n) is 13.2. The van der Waals surface area contributed by atoms with Gasteiger partial charge < -0.3 is 20.9 Å². The fourth-order valence-electron chi connectivity index (χ4n) is 6.19. The van der Waals surface area contributed by atoms with Crippen molar-refractivity contribution in [2.45, 2.75) is 42.6 Å². The Morgan fingerprint density at radius 3 is 2.51 bits per heavy atom. The zero-order valence-corrected chi connectivity index (χ0v) is 23.3. The molecule has 1 aliphatic heterocycles. The van der Waals surface area contributed by atoms with Gasteiger partial charge in [-0.05, 0) is 66.1 Å². The van der Waals surface area contributed by atoms with Crippen molar-refractivity contribution in [1.82, 2.24) is 19.6 Å². The lowest BCUT2D eigenvalue weighted by molar-refractivity contribution is -0.184. The number of hydrogen-bond acceptors (Lipinski definition) is 9. The van der Waals surface area contributed by atoms with Crippen LogP contribution < -0.4 is 11.1 Å². The summed E-state index contributed by atoms with van der Waals surface area (Å²) in [7, 11) is -3.29. The number of aliphatic hydroxyl groups is 1. The van der Waals surface area contributed by atoms with Crippen molar-refractivity contribution in [3.8, 4) is 11.3 Å². The molecule has 0 spiro atoms. The van der Waals surface area contributed by atoms with Crippen LogP contribution in [0.1, 0.15) is 36.8 Å². The van der Waals surface area contributed by atoms with Crippen LogP contribution in [0.3, 0.4) is 0 Å². The third-order valence-electron chi connectivity index (χ3n) is 8.13. The van der Waals surface area contributed by atoms with E-state index in [2.05, 4.69) is 20.4 Å². The number of anilines is 2. The standard InChI is InChI=1S/C28H30F2N6O4S/c1-15-7-16(8-22(31)26(15)41(2,38)39)19-5-6-32-12-24(19)34-27-33-11-18-3-4-23(35-36(18)27)25-20(29)9-17(10-21(25)30)28(37)13-40-14-28/h3-6,9-12,15-16,22,26,37H,7-8,13-14,31H2,1-2H3,(H,33,34)/t15-,16+,22+,26-/m0/s1. The van der Waals surface area contributed by atoms with E-state index >= 15 is 8.78 Å². The van der Waals surface area contributed by atoms with Crippen molar-refractivity contribution >= 4 is 27.0 Å². The van der Waals surface area contributed by atoms with Gasteiger partial charge in [-0.15, -0.1) is 0 Å². The number of imidazole rings is 1. The van der Waals surface area contributed by atoms with Gasteiger partial charge in [0.25, 0.3) is 0 Å². The van der Waals surface area contributed by atoms with Gasteiger partial charge in [0.1, 0.15) is 17.2 Å². The fraction of sp³-hybridized carbons (Fsp3) is 0.393. The number of nitrogens with two attached hydrogens (primary N) is 1. The van der Waals surface area contributed by atoms with Gasteiger partial charge in [0.05, 0.1) is 53.3 Å². The Labute approximate surface area is 235 Å². The fourth-order valence-corrected chi connectivity index (χ4v) is 7.89. The Kier molecular flexibility index (Phi) is 6.80. The van der Waals surface area contributed by atoms with E-state index in [9.17, 15) is 13.5 Å². The zero-order valence-electron chi connectivity index (χ0n) is 22.5. The molecule has 4 N–H and O–H groups in total. The summed E-state index contributed by atoms with van der Waals surface area (Å²) in [4.78, 5) is 8.66. The summed E-state index contributed by atoms with van der Waals surface area (Å²) < 4.78 is 61.4. The lowest BCUT2D eigenvalue weighted by Crippen LogP contribution is -2.48. The molecule has 0 radical (unpaired) electrons. The van der Waals surface area contributed by atoms with Crippen LogP contribution in [0.5, 0.6) is 0 Å². The number of nitrogens with zero attached hydrogens (tertiary/aromatic N) is 4. The van der Waals surface area contributed by atoms with Crippen LogP contribution in [0.4, 0.5) is 20.4 Å². The molecule has 2 aliphatic rings. The maximum absolute atomic E-state index is 15.2. The number of halogens is 2. The molecule has 0 unspecified atom stereocenters. The molecule has 0 amide bonds. The Balaban J connectivity index is 1.32. The quantitative estimate of drug-likeness (QED) is 0.311. The summed E-state index contributed by atoms with van der Waals surface area (Å²) in [5, 5.41) is 17.6. The van der Waals surface area contributed by atoms with Crippen molar-refractivity contribution in [1.29, 1.82) is 0 Å². The highest BCUT2D eigenvalue weighted by atomic mass is 32.2. The molecule has 4 heterocycles. The lowest BCUT2D eigenvalue weighted by atomic mass is 9.76. The highest BCUT2D eigenvalue weighted by molar-refractivity contribution is 7.91. The van der Waals surface area contributed by atoms with E-state index < -0.39 is 38.4 Å². The molecular formula is C28H30F2N6O4S. The van der Waals surface area contributed by atoms with Crippen LogP contribution in [0.2, 0.25) is 0 Å². The SMILES string of the molecule is C[C@H]1C[C@@H](c2ccncc2Nc2ncc3ccc(-c4c(F)cc(C5(O)COC5)cc4F)nn23)C[C@@H](N)[C@H]1S(C)(=O)=O. The minimum Gasteiger partial charge on any atom is -0.380 e. The number of sulfone groups is 1. The third-order valence-corrected chi connectivity index (χ3v) is 9.94. The average Bonchev–Trinajstić information content (AvgIpc) is 3.28. The average molecular weight is 585 g/mol. The van der Waals surface area contributed by atoms with Crippen LogP contribution in [0.15, 0.2) is 48.9 Å². The molecule has 1 aromatic carbocycles. The zero-order chi connectivity index (χ0) is 29.1. The van der Waals surface area contributed by atoms with Gasteiger partial charge >= 0.3 is 0 Å². The third kappa shape index (κ3) is 4.96. The smallest absolute Gasteiger partial charge is 0.229 e. The minimum absolute atomic E-state index is 0.0177. The molecule has 1 saturated carbocycles. The Bertz CT molecular complexity index is 1710. The summed E-state index contributed by atoms with van der Waals surface area (Å²) in [5.74, 6) is -1.56. The van der Waals surface area contributed by atoms with Crippen molar-refractivity contribution in [2.75, 3.05) is 24.8 Å². The summed E-state index contributed by atoms with van der Waals surface area (Å²) in [6.45, 7) is 1.85. The minimum atomic E-state index is -3.29. The second kappa shape index (κ2) is 10.1. The van der Waals surface area contributed by atoms with Crippen molar-refractivity contribution in [3.05, 3.63) is 71.7 Å². The van der Waals surface area contributed by atoms with Gasteiger partial charge in [-0.1, -0.05) is 6.92 Å². The van der Waals surface area contributed by atoms with Gasteiger partial charge in [-0.3, -0.25) is 4.98 Å². The molecule has 0 bridgehead atoms. The molecule has 4 atom stereocenters. The van der Waals surface area contributed by atoms with Crippen LogP contribution in [-0.2, 0) is 20.2 Å². The molecule has 10 nitrogen and oxygen atoms in total. The van der Waals surface area contributed by atoms with E-state index in [1.54, 1.807) is 24.7 Å². The molecule has 2 fully saturated rings. The lowest BCUT2D eigenvalue weighted by Gasteiger charge is -2.38. The van der Waals surface area contributed by atoms with Crippen LogP contribution >= 0.6 is 0 Å². The second-order valence-electron chi connectivity index (χ2n) is 11.2. The highest BCUT2D eigenvalue weighted by Crippen LogP contribution is 2.41. The van der Waals surface area contributed by atoms with Gasteiger partial charge in [0.15, 0.2) is 9.84 Å². The van der Waals surface area contributed by atoms with Gasteiger partial charge in [-0.2, -0.15) is 9.61 Å². The van der Waals surface area contributed by atoms with Crippen molar-refractivity contribution in [2.24, 2.45) is 11.7 Å². The summed E-state index contributed by atoms with van der Waals surface area (Å²) in [5.41, 5.74) is 6.92. The molecule has 216 valence electrons. The molecule has 4 aromatic rings. The number of pyridine rings is 1. The monoisotopic (exact) mass is 584 g/mol. The summed E-state index contributed by atoms with van der Waals surface area (Å²) in [6, 6.07) is 6.72. The number of hydrogen-bond donors (Lipinski definition) is 3. The van der Waals surface area contributed by atoms with E-state index in [-0.39, 0.29) is 41.9 Å². The molecular weight excluding hydrogens is 554 g/mol. The van der Waals surface area contributed by atoms with E-state index in [0.29, 0.717) is 30.0 Å². The first-order valence-corrected chi connectivity index (χ1v) is 15.2. The van der Waals surface area contributed by atoms with Crippen LogP contribution in [0.25, 0.3) is 16.8 Å². The topological polar surface area (TPSA) is 145 Å². The van der Waals surface area contributed by atoms with Gasteiger partial charge in [0, 0.05) is 18.5 Å². The molecule has 1 saturated heterocycles. The Morgan fingerprint density at radius 1 is 1.15 bits per heavy atom. The predicted octanol–water partition coefficient (Wildman–Crippen LogP) is 3.28. The second-order valence-corrected chi connectivity index (χ2v) is 13.4. The molecule has 13 heteroatoms. The molecule has 3 aromatic heterocycles. The van der Waals surface area contributed by atoms with Crippen molar-refractivity contribution < 1.29 is 27.0 Å². The van der Waals surface area contributed by atoms with E-state index in [4.69, 9.17) is 10.5 Å². The number of fused-ring (bicyclic) bond motifs is 1. The number of aromatic nitrogens is 4. The molecule has 1 aliphatic carbocycles. The van der Waals surface area contributed by atoms with Crippen LogP contribution in [0, 0.1) is 17.6 Å². The molecule has 41 heavy (non-hydrogen) atoms. The number of ether oxygens (including phenoxy) is 1. The highest BCUT2D eigenvalue weighted by Gasteiger charge is 2.41. The number of rotatable bonds is 6. The van der Waals surface area contributed by atoms with Crippen LogP contribution in [-0.4, -0.2) is 63.9 Å². The van der Waals surface area contributed by atoms with Gasteiger partial charge in [-0.25, -0.2) is 22.2 Å². The molecule has 6 rings (SSSR count). The van der Waals surface area contributed by atoms with E-state index in [1.807, 2.05) is 13.0 Å². The Hall–Kier alpha value is -3.52.